The predicted molar refractivity (Wildman–Crippen MR) is 140 cm³/mol. The first-order valence-corrected chi connectivity index (χ1v) is 12.7. The number of benzene rings is 2. The van der Waals surface area contributed by atoms with Crippen LogP contribution in [0, 0.1) is 13.8 Å². The molecule has 180 valence electrons. The first-order chi connectivity index (χ1) is 16.4. The number of hydrogen-bond donors (Lipinski definition) is 1. The van der Waals surface area contributed by atoms with Gasteiger partial charge in [-0.25, -0.2) is 0 Å². The fourth-order valence-corrected chi connectivity index (χ4v) is 4.57. The molecule has 0 aliphatic rings. The van der Waals surface area contributed by atoms with Gasteiger partial charge in [0.25, 0.3) is 0 Å². The Morgan fingerprint density at radius 2 is 1.82 bits per heavy atom. The van der Waals surface area contributed by atoms with Crippen LogP contribution in [0.4, 0.5) is 5.69 Å². The molecule has 3 aromatic rings. The number of carbonyl (C=O) groups excluding carboxylic acids is 1. The summed E-state index contributed by atoms with van der Waals surface area (Å²) >= 11 is 7.60. The second kappa shape index (κ2) is 12.1. The number of carbonyl (C=O) groups is 1. The van der Waals surface area contributed by atoms with Crippen molar-refractivity contribution in [2.75, 3.05) is 11.1 Å². The zero-order valence-corrected chi connectivity index (χ0v) is 21.7. The highest BCUT2D eigenvalue weighted by atomic mass is 35.5. The van der Waals surface area contributed by atoms with Crippen LogP contribution in [-0.2, 0) is 30.8 Å². The lowest BCUT2D eigenvalue weighted by atomic mass is 10.0. The second-order valence-electron chi connectivity index (χ2n) is 7.95. The van der Waals surface area contributed by atoms with Crippen LogP contribution >= 0.6 is 23.4 Å². The Morgan fingerprint density at radius 3 is 2.41 bits per heavy atom. The third-order valence-electron chi connectivity index (χ3n) is 5.48. The van der Waals surface area contributed by atoms with Crippen molar-refractivity contribution in [2.45, 2.75) is 58.8 Å². The van der Waals surface area contributed by atoms with Crippen molar-refractivity contribution in [3.63, 3.8) is 0 Å². The van der Waals surface area contributed by atoms with Crippen LogP contribution in [0.5, 0.6) is 5.75 Å². The molecule has 0 aliphatic carbocycles. The van der Waals surface area contributed by atoms with Gasteiger partial charge in [0.2, 0.25) is 5.91 Å². The summed E-state index contributed by atoms with van der Waals surface area (Å²) in [6.45, 7) is 12.7. The van der Waals surface area contributed by atoms with Crippen LogP contribution in [-0.4, -0.2) is 26.4 Å². The third-order valence-corrected chi connectivity index (χ3v) is 7.04. The van der Waals surface area contributed by atoms with E-state index in [1.165, 1.54) is 11.8 Å². The monoisotopic (exact) mass is 498 g/mol. The lowest BCUT2D eigenvalue weighted by Crippen LogP contribution is -2.17. The van der Waals surface area contributed by atoms with E-state index >= 15 is 0 Å². The lowest BCUT2D eigenvalue weighted by Gasteiger charge is -2.14. The number of halogens is 1. The van der Waals surface area contributed by atoms with Crippen LogP contribution in [0.15, 0.2) is 48.1 Å². The number of amides is 1. The highest BCUT2D eigenvalue weighted by Gasteiger charge is 2.16. The summed E-state index contributed by atoms with van der Waals surface area (Å²) in [5.41, 5.74) is 5.12. The number of aryl methyl sites for hydroxylation is 4. The summed E-state index contributed by atoms with van der Waals surface area (Å²) in [6, 6.07) is 9.96. The zero-order chi connectivity index (χ0) is 24.7. The SMILES string of the molecule is C=CCn1c(COc2cc(C)c(Cl)c(C)c2)nnc1SCC(=O)Nc1c(CC)cccc1CC. The van der Waals surface area contributed by atoms with Gasteiger partial charge >= 0.3 is 0 Å². The molecule has 1 N–H and O–H groups in total. The number of nitrogens with one attached hydrogen (secondary N) is 1. The third kappa shape index (κ3) is 6.21. The van der Waals surface area contributed by atoms with Crippen LogP contribution < -0.4 is 10.1 Å². The number of aromatic nitrogens is 3. The molecule has 6 nitrogen and oxygen atoms in total. The first kappa shape index (κ1) is 25.8. The molecule has 0 atom stereocenters. The largest absolute Gasteiger partial charge is 0.486 e. The molecule has 0 aliphatic heterocycles. The molecule has 0 radical (unpaired) electrons. The molecule has 0 saturated carbocycles. The average molecular weight is 499 g/mol. The van der Waals surface area contributed by atoms with Crippen LogP contribution in [0.1, 0.15) is 41.9 Å². The number of allylic oxidation sites excluding steroid dienone is 1. The van der Waals surface area contributed by atoms with Gasteiger partial charge < -0.3 is 10.1 Å². The van der Waals surface area contributed by atoms with Gasteiger partial charge in [-0.2, -0.15) is 0 Å². The Balaban J connectivity index is 1.68. The topological polar surface area (TPSA) is 69.0 Å². The van der Waals surface area contributed by atoms with Crippen LogP contribution in [0.2, 0.25) is 5.02 Å². The molecule has 1 heterocycles. The fraction of sp³-hybridized carbons (Fsp3) is 0.346. The molecule has 2 aromatic carbocycles. The molecule has 0 saturated heterocycles. The summed E-state index contributed by atoms with van der Waals surface area (Å²) in [5.74, 6) is 1.55. The number of anilines is 1. The standard InChI is InChI=1S/C26H31ClN4O2S/c1-6-12-31-22(15-33-21-13-17(4)24(27)18(5)14-21)29-30-26(31)34-16-23(32)28-25-19(7-2)10-9-11-20(25)8-3/h6,9-11,13-14H,1,7-8,12,15-16H2,2-5H3,(H,28,32). The van der Waals surface area contributed by atoms with Gasteiger partial charge in [0.15, 0.2) is 11.0 Å². The van der Waals surface area contributed by atoms with Gasteiger partial charge in [-0.15, -0.1) is 16.8 Å². The lowest BCUT2D eigenvalue weighted by molar-refractivity contribution is -0.113. The minimum Gasteiger partial charge on any atom is -0.486 e. The predicted octanol–water partition coefficient (Wildman–Crippen LogP) is 6.17. The molecule has 0 unspecified atom stereocenters. The van der Waals surface area contributed by atoms with Crippen molar-refractivity contribution in [1.29, 1.82) is 0 Å². The normalized spacial score (nSPS) is 10.9. The van der Waals surface area contributed by atoms with E-state index in [2.05, 4.69) is 48.1 Å². The minimum absolute atomic E-state index is 0.0707. The Kier molecular flexibility index (Phi) is 9.19. The van der Waals surface area contributed by atoms with Crippen molar-refractivity contribution in [3.8, 4) is 5.75 Å². The number of ether oxygens (including phenoxy) is 1. The van der Waals surface area contributed by atoms with Crippen molar-refractivity contribution < 1.29 is 9.53 Å². The van der Waals surface area contributed by atoms with Crippen LogP contribution in [0.3, 0.4) is 0 Å². The molecule has 0 spiro atoms. The number of nitrogens with zero attached hydrogens (tertiary/aromatic N) is 3. The zero-order valence-electron chi connectivity index (χ0n) is 20.2. The van der Waals surface area contributed by atoms with Crippen molar-refractivity contribution >= 4 is 35.0 Å². The number of hydrogen-bond acceptors (Lipinski definition) is 5. The second-order valence-corrected chi connectivity index (χ2v) is 9.27. The van der Waals surface area contributed by atoms with Gasteiger partial charge in [0, 0.05) is 17.3 Å². The number of thioether (sulfide) groups is 1. The molecule has 1 amide bonds. The number of rotatable bonds is 11. The summed E-state index contributed by atoms with van der Waals surface area (Å²) in [7, 11) is 0. The molecule has 0 bridgehead atoms. The van der Waals surface area contributed by atoms with Gasteiger partial charge in [0.05, 0.1) is 5.75 Å². The molecule has 8 heteroatoms. The minimum atomic E-state index is -0.0707. The van der Waals surface area contributed by atoms with E-state index in [0.29, 0.717) is 17.5 Å². The summed E-state index contributed by atoms with van der Waals surface area (Å²) < 4.78 is 7.87. The van der Waals surface area contributed by atoms with E-state index in [1.807, 2.05) is 36.6 Å². The van der Waals surface area contributed by atoms with Gasteiger partial charge in [-0.1, -0.05) is 61.5 Å². The molecule has 34 heavy (non-hydrogen) atoms. The Bertz CT molecular complexity index is 1130. The van der Waals surface area contributed by atoms with E-state index in [-0.39, 0.29) is 18.3 Å². The Morgan fingerprint density at radius 1 is 1.18 bits per heavy atom. The van der Waals surface area contributed by atoms with Crippen LogP contribution in [0.25, 0.3) is 0 Å². The average Bonchev–Trinajstić information content (AvgIpc) is 3.21. The van der Waals surface area contributed by atoms with E-state index in [9.17, 15) is 4.79 Å². The van der Waals surface area contributed by atoms with E-state index < -0.39 is 0 Å². The van der Waals surface area contributed by atoms with Gasteiger partial charge in [-0.3, -0.25) is 9.36 Å². The molecule has 1 aromatic heterocycles. The molecule has 0 fully saturated rings. The van der Waals surface area contributed by atoms with E-state index in [4.69, 9.17) is 16.3 Å². The maximum absolute atomic E-state index is 12.8. The van der Waals surface area contributed by atoms with Gasteiger partial charge in [0.1, 0.15) is 12.4 Å². The fourth-order valence-electron chi connectivity index (χ4n) is 3.69. The molecular formula is C26H31ClN4O2S. The maximum Gasteiger partial charge on any atom is 0.234 e. The maximum atomic E-state index is 12.8. The van der Waals surface area contributed by atoms with E-state index in [1.54, 1.807) is 6.08 Å². The van der Waals surface area contributed by atoms with Crippen molar-refractivity contribution in [2.24, 2.45) is 0 Å². The quantitative estimate of drug-likeness (QED) is 0.253. The summed E-state index contributed by atoms with van der Waals surface area (Å²) in [5, 5.41) is 13.1. The Labute approximate surface area is 210 Å². The van der Waals surface area contributed by atoms with Gasteiger partial charge in [-0.05, 0) is 61.1 Å². The highest BCUT2D eigenvalue weighted by molar-refractivity contribution is 7.99. The van der Waals surface area contributed by atoms with E-state index in [0.717, 1.165) is 51.6 Å². The number of para-hydroxylation sites is 1. The first-order valence-electron chi connectivity index (χ1n) is 11.3. The van der Waals surface area contributed by atoms with Crippen molar-refractivity contribution in [3.05, 3.63) is 76.1 Å². The highest BCUT2D eigenvalue weighted by Crippen LogP contribution is 2.27. The molecule has 3 rings (SSSR count). The molecular weight excluding hydrogens is 468 g/mol. The Hall–Kier alpha value is -2.77. The summed E-state index contributed by atoms with van der Waals surface area (Å²) in [4.78, 5) is 12.8. The van der Waals surface area contributed by atoms with Crippen molar-refractivity contribution in [1.82, 2.24) is 14.8 Å². The smallest absolute Gasteiger partial charge is 0.234 e. The summed E-state index contributed by atoms with van der Waals surface area (Å²) in [6.07, 6.45) is 3.50.